The van der Waals surface area contributed by atoms with Gasteiger partial charge in [0.05, 0.1) is 10.6 Å². The Kier molecular flexibility index (Phi) is 5.85. The van der Waals surface area contributed by atoms with Crippen LogP contribution in [-0.4, -0.2) is 18.9 Å². The molecule has 4 rings (SSSR count). The molecule has 3 aromatic carbocycles. The Bertz CT molecular complexity index is 1360. The van der Waals surface area contributed by atoms with Crippen molar-refractivity contribution in [1.82, 2.24) is 4.57 Å². The molecule has 0 fully saturated rings. The summed E-state index contributed by atoms with van der Waals surface area (Å²) in [6, 6.07) is 21.6. The highest BCUT2D eigenvalue weighted by Gasteiger charge is 2.22. The smallest absolute Gasteiger partial charge is 0.244 e. The van der Waals surface area contributed by atoms with Crippen LogP contribution in [0.4, 0.5) is 5.69 Å². The summed E-state index contributed by atoms with van der Waals surface area (Å²) in [5.74, 6) is -0.372. The average Bonchev–Trinajstić information content (AvgIpc) is 3.11. The molecule has 0 bridgehead atoms. The minimum absolute atomic E-state index is 0.0210. The van der Waals surface area contributed by atoms with Gasteiger partial charge in [0.2, 0.25) is 5.91 Å². The summed E-state index contributed by atoms with van der Waals surface area (Å²) < 4.78 is 28.0. The molecule has 0 spiro atoms. The van der Waals surface area contributed by atoms with Crippen molar-refractivity contribution in [3.05, 3.63) is 95.1 Å². The predicted molar refractivity (Wildman–Crippen MR) is 124 cm³/mol. The third-order valence-electron chi connectivity index (χ3n) is 5.06. The fourth-order valence-corrected chi connectivity index (χ4v) is 5.25. The number of carbonyl (C=O) groups excluding carboxylic acids is 1. The Labute approximate surface area is 186 Å². The van der Waals surface area contributed by atoms with E-state index in [4.69, 9.17) is 11.6 Å². The SMILES string of the molecule is Cc1ccc(NC(=O)Cn2cc(S(=O)(=O)Cc3ccccc3)c3ccccc32)cc1Cl. The van der Waals surface area contributed by atoms with Crippen molar-refractivity contribution < 1.29 is 13.2 Å². The molecule has 1 amide bonds. The van der Waals surface area contributed by atoms with Crippen LogP contribution in [0.25, 0.3) is 10.9 Å². The molecule has 0 unspecified atom stereocenters. The van der Waals surface area contributed by atoms with E-state index in [9.17, 15) is 13.2 Å². The van der Waals surface area contributed by atoms with Crippen LogP contribution in [0, 0.1) is 6.92 Å². The van der Waals surface area contributed by atoms with Gasteiger partial charge in [-0.1, -0.05) is 66.2 Å². The number of hydrogen-bond donors (Lipinski definition) is 1. The standard InChI is InChI=1S/C24H21ClN2O3S/c1-17-11-12-19(13-21(17)25)26-24(28)15-27-14-23(20-9-5-6-10-22(20)27)31(29,30)16-18-7-3-2-4-8-18/h2-14H,15-16H2,1H3,(H,26,28). The quantitative estimate of drug-likeness (QED) is 0.436. The Morgan fingerprint density at radius 2 is 1.71 bits per heavy atom. The fourth-order valence-electron chi connectivity index (χ4n) is 3.49. The van der Waals surface area contributed by atoms with Crippen molar-refractivity contribution in [2.75, 3.05) is 5.32 Å². The van der Waals surface area contributed by atoms with E-state index in [0.29, 0.717) is 27.2 Å². The van der Waals surface area contributed by atoms with E-state index in [2.05, 4.69) is 5.32 Å². The van der Waals surface area contributed by atoms with E-state index in [0.717, 1.165) is 5.56 Å². The molecule has 0 aliphatic carbocycles. The molecule has 0 aliphatic heterocycles. The van der Waals surface area contributed by atoms with Gasteiger partial charge in [0.25, 0.3) is 0 Å². The first-order chi connectivity index (χ1) is 14.8. The Morgan fingerprint density at radius 1 is 1.00 bits per heavy atom. The van der Waals surface area contributed by atoms with Crippen LogP contribution in [0.1, 0.15) is 11.1 Å². The molecule has 0 radical (unpaired) electrons. The summed E-state index contributed by atoms with van der Waals surface area (Å²) in [5, 5.41) is 3.99. The van der Waals surface area contributed by atoms with Crippen molar-refractivity contribution >= 4 is 43.9 Å². The zero-order valence-corrected chi connectivity index (χ0v) is 18.5. The fraction of sp³-hybridized carbons (Fsp3) is 0.125. The van der Waals surface area contributed by atoms with Crippen LogP contribution in [-0.2, 0) is 26.9 Å². The van der Waals surface area contributed by atoms with Gasteiger partial charge >= 0.3 is 0 Å². The lowest BCUT2D eigenvalue weighted by Crippen LogP contribution is -2.18. The summed E-state index contributed by atoms with van der Waals surface area (Å²) in [6.07, 6.45) is 1.55. The number of fused-ring (bicyclic) bond motifs is 1. The number of benzene rings is 3. The zero-order valence-electron chi connectivity index (χ0n) is 16.9. The molecule has 1 N–H and O–H groups in total. The van der Waals surface area contributed by atoms with Crippen molar-refractivity contribution in [3.63, 3.8) is 0 Å². The van der Waals surface area contributed by atoms with Gasteiger partial charge in [0, 0.05) is 27.8 Å². The summed E-state index contributed by atoms with van der Waals surface area (Å²) >= 11 is 6.13. The summed E-state index contributed by atoms with van der Waals surface area (Å²) in [4.78, 5) is 12.9. The van der Waals surface area contributed by atoms with Crippen LogP contribution >= 0.6 is 11.6 Å². The Morgan fingerprint density at radius 3 is 2.45 bits per heavy atom. The van der Waals surface area contributed by atoms with Gasteiger partial charge in [0.15, 0.2) is 9.84 Å². The van der Waals surface area contributed by atoms with Crippen LogP contribution in [0.2, 0.25) is 5.02 Å². The van der Waals surface area contributed by atoms with E-state index in [1.165, 1.54) is 0 Å². The molecule has 5 nitrogen and oxygen atoms in total. The maximum atomic E-state index is 13.1. The molecule has 0 aliphatic rings. The lowest BCUT2D eigenvalue weighted by Gasteiger charge is -2.08. The monoisotopic (exact) mass is 452 g/mol. The van der Waals surface area contributed by atoms with Gasteiger partial charge < -0.3 is 9.88 Å². The molecule has 158 valence electrons. The second kappa shape index (κ2) is 8.57. The Balaban J connectivity index is 1.63. The number of halogens is 1. The van der Waals surface area contributed by atoms with E-state index in [-0.39, 0.29) is 23.1 Å². The number of para-hydroxylation sites is 1. The van der Waals surface area contributed by atoms with Crippen molar-refractivity contribution in [2.24, 2.45) is 0 Å². The minimum Gasteiger partial charge on any atom is -0.337 e. The van der Waals surface area contributed by atoms with Gasteiger partial charge in [0.1, 0.15) is 6.54 Å². The molecular weight excluding hydrogens is 432 g/mol. The summed E-state index contributed by atoms with van der Waals surface area (Å²) in [5.41, 5.74) is 2.91. The number of hydrogen-bond acceptors (Lipinski definition) is 3. The number of aromatic nitrogens is 1. The van der Waals surface area contributed by atoms with Crippen LogP contribution in [0.15, 0.2) is 83.9 Å². The number of nitrogens with zero attached hydrogens (tertiary/aromatic N) is 1. The number of anilines is 1. The zero-order chi connectivity index (χ0) is 22.0. The van der Waals surface area contributed by atoms with Crippen molar-refractivity contribution in [2.45, 2.75) is 24.1 Å². The molecule has 0 saturated heterocycles. The van der Waals surface area contributed by atoms with E-state index in [1.54, 1.807) is 47.2 Å². The molecule has 4 aromatic rings. The predicted octanol–water partition coefficient (Wildman–Crippen LogP) is 5.22. The van der Waals surface area contributed by atoms with Crippen molar-refractivity contribution in [3.8, 4) is 0 Å². The number of carbonyl (C=O) groups is 1. The first-order valence-corrected chi connectivity index (χ1v) is 11.8. The lowest BCUT2D eigenvalue weighted by molar-refractivity contribution is -0.116. The van der Waals surface area contributed by atoms with Crippen LogP contribution in [0.3, 0.4) is 0 Å². The third kappa shape index (κ3) is 4.65. The lowest BCUT2D eigenvalue weighted by atomic mass is 10.2. The molecule has 0 saturated carbocycles. The topological polar surface area (TPSA) is 68.2 Å². The molecule has 1 heterocycles. The highest BCUT2D eigenvalue weighted by atomic mass is 35.5. The number of aryl methyl sites for hydroxylation is 1. The summed E-state index contributed by atoms with van der Waals surface area (Å²) in [7, 11) is -3.59. The normalized spacial score (nSPS) is 11.5. The average molecular weight is 453 g/mol. The molecule has 0 atom stereocenters. The van der Waals surface area contributed by atoms with Crippen LogP contribution in [0.5, 0.6) is 0 Å². The van der Waals surface area contributed by atoms with Gasteiger partial charge in [-0.05, 0) is 36.2 Å². The number of sulfone groups is 1. The van der Waals surface area contributed by atoms with E-state index < -0.39 is 9.84 Å². The van der Waals surface area contributed by atoms with E-state index >= 15 is 0 Å². The third-order valence-corrected chi connectivity index (χ3v) is 7.17. The highest BCUT2D eigenvalue weighted by molar-refractivity contribution is 7.90. The highest BCUT2D eigenvalue weighted by Crippen LogP contribution is 2.28. The van der Waals surface area contributed by atoms with Gasteiger partial charge in [-0.2, -0.15) is 0 Å². The van der Waals surface area contributed by atoms with Gasteiger partial charge in [-0.15, -0.1) is 0 Å². The van der Waals surface area contributed by atoms with Crippen molar-refractivity contribution in [1.29, 1.82) is 0 Å². The van der Waals surface area contributed by atoms with E-state index in [1.807, 2.05) is 43.3 Å². The molecule has 7 heteroatoms. The molecule has 31 heavy (non-hydrogen) atoms. The maximum absolute atomic E-state index is 13.1. The summed E-state index contributed by atoms with van der Waals surface area (Å²) in [6.45, 7) is 1.87. The largest absolute Gasteiger partial charge is 0.337 e. The maximum Gasteiger partial charge on any atom is 0.244 e. The Hall–Kier alpha value is -3.09. The van der Waals surface area contributed by atoms with Gasteiger partial charge in [-0.25, -0.2) is 8.42 Å². The second-order valence-electron chi connectivity index (χ2n) is 7.40. The molecule has 1 aromatic heterocycles. The second-order valence-corrected chi connectivity index (χ2v) is 9.76. The molecular formula is C24H21ClN2O3S. The first-order valence-electron chi connectivity index (χ1n) is 9.74. The minimum atomic E-state index is -3.59. The number of amides is 1. The number of rotatable bonds is 6. The van der Waals surface area contributed by atoms with Gasteiger partial charge in [-0.3, -0.25) is 4.79 Å². The van der Waals surface area contributed by atoms with Crippen LogP contribution < -0.4 is 5.32 Å². The number of nitrogens with one attached hydrogen (secondary N) is 1. The first kappa shape index (κ1) is 21.2.